The molecule has 0 unspecified atom stereocenters. The van der Waals surface area contributed by atoms with Crippen molar-refractivity contribution in [1.29, 1.82) is 0 Å². The predicted octanol–water partition coefficient (Wildman–Crippen LogP) is 4.20. The van der Waals surface area contributed by atoms with Gasteiger partial charge in [-0.1, -0.05) is 22.9 Å². The van der Waals surface area contributed by atoms with Crippen LogP contribution >= 0.6 is 27.3 Å². The van der Waals surface area contributed by atoms with Gasteiger partial charge in [0.1, 0.15) is 12.4 Å². The van der Waals surface area contributed by atoms with E-state index >= 15 is 0 Å². The second kappa shape index (κ2) is 6.92. The first-order chi connectivity index (χ1) is 8.79. The van der Waals surface area contributed by atoms with Crippen molar-refractivity contribution in [1.82, 2.24) is 5.32 Å². The van der Waals surface area contributed by atoms with E-state index in [2.05, 4.69) is 51.1 Å². The van der Waals surface area contributed by atoms with Crippen molar-refractivity contribution in [2.24, 2.45) is 0 Å². The number of halogens is 1. The van der Waals surface area contributed by atoms with E-state index in [1.54, 1.807) is 11.3 Å². The van der Waals surface area contributed by atoms with Crippen LogP contribution in [-0.2, 0) is 13.2 Å². The van der Waals surface area contributed by atoms with Crippen LogP contribution in [-0.4, -0.2) is 6.54 Å². The minimum atomic E-state index is 0.629. The van der Waals surface area contributed by atoms with E-state index in [9.17, 15) is 0 Å². The Labute approximate surface area is 120 Å². The van der Waals surface area contributed by atoms with Crippen molar-refractivity contribution in [2.75, 3.05) is 6.54 Å². The third kappa shape index (κ3) is 3.83. The predicted molar refractivity (Wildman–Crippen MR) is 80.2 cm³/mol. The minimum Gasteiger partial charge on any atom is -0.489 e. The SMILES string of the molecule is CCNCc1cc(Br)ccc1OCc1ccsc1. The number of hydrogen-bond donors (Lipinski definition) is 1. The van der Waals surface area contributed by atoms with Crippen LogP contribution in [0.2, 0.25) is 0 Å². The highest BCUT2D eigenvalue weighted by Crippen LogP contribution is 2.24. The molecule has 4 heteroatoms. The second-order valence-corrected chi connectivity index (χ2v) is 5.65. The molecule has 0 aliphatic carbocycles. The van der Waals surface area contributed by atoms with E-state index in [-0.39, 0.29) is 0 Å². The molecular weight excluding hydrogens is 310 g/mol. The number of ether oxygens (including phenoxy) is 1. The topological polar surface area (TPSA) is 21.3 Å². The first-order valence-electron chi connectivity index (χ1n) is 5.92. The summed E-state index contributed by atoms with van der Waals surface area (Å²) >= 11 is 5.19. The molecule has 1 N–H and O–H groups in total. The lowest BCUT2D eigenvalue weighted by molar-refractivity contribution is 0.302. The van der Waals surface area contributed by atoms with E-state index < -0.39 is 0 Å². The normalized spacial score (nSPS) is 10.6. The number of nitrogens with one attached hydrogen (secondary N) is 1. The summed E-state index contributed by atoms with van der Waals surface area (Å²) in [6.07, 6.45) is 0. The molecule has 0 bridgehead atoms. The van der Waals surface area contributed by atoms with Crippen LogP contribution in [0.15, 0.2) is 39.5 Å². The van der Waals surface area contributed by atoms with Crippen molar-refractivity contribution in [2.45, 2.75) is 20.1 Å². The average molecular weight is 326 g/mol. The van der Waals surface area contributed by atoms with Gasteiger partial charge in [-0.25, -0.2) is 0 Å². The van der Waals surface area contributed by atoms with Crippen molar-refractivity contribution < 1.29 is 4.74 Å². The van der Waals surface area contributed by atoms with E-state index in [0.29, 0.717) is 6.61 Å². The molecule has 0 fully saturated rings. The zero-order chi connectivity index (χ0) is 12.8. The third-order valence-electron chi connectivity index (χ3n) is 2.56. The van der Waals surface area contributed by atoms with Gasteiger partial charge >= 0.3 is 0 Å². The lowest BCUT2D eigenvalue weighted by Gasteiger charge is -2.12. The summed E-state index contributed by atoms with van der Waals surface area (Å²) in [5.41, 5.74) is 2.40. The van der Waals surface area contributed by atoms with Crippen molar-refractivity contribution >= 4 is 27.3 Å². The number of hydrogen-bond acceptors (Lipinski definition) is 3. The monoisotopic (exact) mass is 325 g/mol. The molecule has 0 aliphatic heterocycles. The van der Waals surface area contributed by atoms with Crippen molar-refractivity contribution in [3.63, 3.8) is 0 Å². The van der Waals surface area contributed by atoms with Crippen LogP contribution in [0.4, 0.5) is 0 Å². The maximum absolute atomic E-state index is 5.88. The lowest BCUT2D eigenvalue weighted by Crippen LogP contribution is -2.12. The number of benzene rings is 1. The van der Waals surface area contributed by atoms with Gasteiger partial charge in [-0.2, -0.15) is 11.3 Å². The minimum absolute atomic E-state index is 0.629. The molecule has 2 nitrogen and oxygen atoms in total. The van der Waals surface area contributed by atoms with E-state index in [1.807, 2.05) is 12.1 Å². The third-order valence-corrected chi connectivity index (χ3v) is 3.79. The first kappa shape index (κ1) is 13.6. The second-order valence-electron chi connectivity index (χ2n) is 3.95. The van der Waals surface area contributed by atoms with Gasteiger partial charge in [0.05, 0.1) is 0 Å². The smallest absolute Gasteiger partial charge is 0.124 e. The molecule has 18 heavy (non-hydrogen) atoms. The molecule has 96 valence electrons. The maximum Gasteiger partial charge on any atom is 0.124 e. The summed E-state index contributed by atoms with van der Waals surface area (Å²) in [4.78, 5) is 0. The molecule has 1 aromatic carbocycles. The van der Waals surface area contributed by atoms with Gasteiger partial charge in [-0.05, 0) is 47.1 Å². The standard InChI is InChI=1S/C14H16BrNOS/c1-2-16-8-12-7-13(15)3-4-14(12)17-9-11-5-6-18-10-11/h3-7,10,16H,2,8-9H2,1H3. The van der Waals surface area contributed by atoms with Gasteiger partial charge in [0.2, 0.25) is 0 Å². The Bertz CT molecular complexity index is 485. The molecule has 0 atom stereocenters. The first-order valence-corrected chi connectivity index (χ1v) is 7.66. The fourth-order valence-electron chi connectivity index (χ4n) is 1.62. The van der Waals surface area contributed by atoms with Gasteiger partial charge in [0.25, 0.3) is 0 Å². The van der Waals surface area contributed by atoms with Gasteiger partial charge in [0.15, 0.2) is 0 Å². The summed E-state index contributed by atoms with van der Waals surface area (Å²) < 4.78 is 6.96. The largest absolute Gasteiger partial charge is 0.489 e. The average Bonchev–Trinajstić information content (AvgIpc) is 2.88. The Kier molecular flexibility index (Phi) is 5.23. The molecule has 0 amide bonds. The van der Waals surface area contributed by atoms with Gasteiger partial charge in [-0.15, -0.1) is 0 Å². The Hall–Kier alpha value is -0.840. The molecule has 0 spiro atoms. The van der Waals surface area contributed by atoms with Crippen LogP contribution in [0, 0.1) is 0 Å². The lowest BCUT2D eigenvalue weighted by atomic mass is 10.2. The van der Waals surface area contributed by atoms with Crippen molar-refractivity contribution in [3.05, 3.63) is 50.6 Å². The number of rotatable bonds is 6. The fourth-order valence-corrected chi connectivity index (χ4v) is 2.68. The molecular formula is C14H16BrNOS. The molecule has 2 aromatic rings. The zero-order valence-electron chi connectivity index (χ0n) is 10.3. The van der Waals surface area contributed by atoms with Crippen LogP contribution in [0.25, 0.3) is 0 Å². The van der Waals surface area contributed by atoms with Gasteiger partial charge in [-0.3, -0.25) is 0 Å². The van der Waals surface area contributed by atoms with Gasteiger partial charge < -0.3 is 10.1 Å². The summed E-state index contributed by atoms with van der Waals surface area (Å²) in [5.74, 6) is 0.949. The van der Waals surface area contributed by atoms with Crippen molar-refractivity contribution in [3.8, 4) is 5.75 Å². The zero-order valence-corrected chi connectivity index (χ0v) is 12.7. The Morgan fingerprint density at radius 1 is 1.33 bits per heavy atom. The summed E-state index contributed by atoms with van der Waals surface area (Å²) in [6.45, 7) is 4.51. The Morgan fingerprint density at radius 3 is 2.94 bits per heavy atom. The maximum atomic E-state index is 5.88. The molecule has 0 radical (unpaired) electrons. The fraction of sp³-hybridized carbons (Fsp3) is 0.286. The molecule has 0 saturated heterocycles. The molecule has 0 saturated carbocycles. The molecule has 1 heterocycles. The molecule has 1 aromatic heterocycles. The van der Waals surface area contributed by atoms with Crippen LogP contribution < -0.4 is 10.1 Å². The summed E-state index contributed by atoms with van der Waals surface area (Å²) in [7, 11) is 0. The van der Waals surface area contributed by atoms with E-state index in [4.69, 9.17) is 4.74 Å². The Balaban J connectivity index is 2.05. The Morgan fingerprint density at radius 2 is 2.22 bits per heavy atom. The van der Waals surface area contributed by atoms with Crippen LogP contribution in [0.3, 0.4) is 0 Å². The van der Waals surface area contributed by atoms with Crippen LogP contribution in [0.5, 0.6) is 5.75 Å². The quantitative estimate of drug-likeness (QED) is 0.859. The molecule has 2 rings (SSSR count). The summed E-state index contributed by atoms with van der Waals surface area (Å²) in [6, 6.07) is 8.22. The molecule has 0 aliphatic rings. The van der Waals surface area contributed by atoms with E-state index in [1.165, 1.54) is 11.1 Å². The highest BCUT2D eigenvalue weighted by molar-refractivity contribution is 9.10. The highest BCUT2D eigenvalue weighted by Gasteiger charge is 2.05. The van der Waals surface area contributed by atoms with Crippen LogP contribution in [0.1, 0.15) is 18.1 Å². The summed E-state index contributed by atoms with van der Waals surface area (Å²) in [5, 5.41) is 7.51. The van der Waals surface area contributed by atoms with E-state index in [0.717, 1.165) is 23.3 Å². The van der Waals surface area contributed by atoms with Gasteiger partial charge in [0, 0.05) is 16.6 Å². The number of thiophene rings is 1. The highest BCUT2D eigenvalue weighted by atomic mass is 79.9.